The molecule has 4 rings (SSSR count). The van der Waals surface area contributed by atoms with Gasteiger partial charge in [0.05, 0.1) is 13.2 Å². The molecule has 13 nitrogen and oxygen atoms in total. The van der Waals surface area contributed by atoms with Crippen molar-refractivity contribution in [2.24, 2.45) is 11.7 Å². The molecule has 47 heavy (non-hydrogen) atoms. The number of ether oxygens (including phenoxy) is 2. The maximum absolute atomic E-state index is 13.8. The summed E-state index contributed by atoms with van der Waals surface area (Å²) in [5.74, 6) is -3.04. The molecule has 0 radical (unpaired) electrons. The van der Waals surface area contributed by atoms with Crippen molar-refractivity contribution in [2.75, 3.05) is 13.2 Å². The van der Waals surface area contributed by atoms with Crippen LogP contribution in [0.1, 0.15) is 57.1 Å². The maximum Gasteiger partial charge on any atom is 0.417 e. The van der Waals surface area contributed by atoms with Gasteiger partial charge in [-0.1, -0.05) is 74.5 Å². The van der Waals surface area contributed by atoms with Crippen LogP contribution in [0.15, 0.2) is 60.7 Å². The van der Waals surface area contributed by atoms with Crippen molar-refractivity contribution < 1.29 is 38.2 Å². The molecule has 13 heteroatoms. The van der Waals surface area contributed by atoms with Crippen molar-refractivity contribution in [3.63, 3.8) is 0 Å². The van der Waals surface area contributed by atoms with E-state index in [9.17, 15) is 28.8 Å². The number of amides is 6. The van der Waals surface area contributed by atoms with Gasteiger partial charge in [0, 0.05) is 13.0 Å². The van der Waals surface area contributed by atoms with Crippen LogP contribution in [0.2, 0.25) is 0 Å². The second-order valence-electron chi connectivity index (χ2n) is 12.2. The maximum atomic E-state index is 13.8. The Hall–Kier alpha value is -4.78. The van der Waals surface area contributed by atoms with E-state index < -0.39 is 59.8 Å². The lowest BCUT2D eigenvalue weighted by Crippen LogP contribution is -2.59. The van der Waals surface area contributed by atoms with E-state index in [-0.39, 0.29) is 45.0 Å². The average molecular weight is 650 g/mol. The summed E-state index contributed by atoms with van der Waals surface area (Å²) in [6.45, 7) is 3.92. The molecule has 2 aliphatic heterocycles. The van der Waals surface area contributed by atoms with Gasteiger partial charge in [-0.25, -0.2) is 9.69 Å². The molecule has 4 atom stereocenters. The van der Waals surface area contributed by atoms with Gasteiger partial charge in [0.25, 0.3) is 0 Å². The number of likely N-dealkylation sites (tertiary alicyclic amines) is 2. The standard InChI is InChI=1S/C34H43N5O8/c1-22(2)18-25(33(44)38-17-9-14-27(38)30(35)41)36-31(42)26(21-46-19-23-10-5-3-6-11-23)37-32(43)28-15-16-29(40)39(28)34(45)47-20-24-12-7-4-8-13-24/h3-8,10-13,22,25-28H,9,14-21H2,1-2H3,(H2,35,41)(H,36,42)(H,37,43). The van der Waals surface area contributed by atoms with Crippen molar-refractivity contribution >= 4 is 35.6 Å². The molecule has 2 aromatic carbocycles. The second-order valence-corrected chi connectivity index (χ2v) is 12.2. The summed E-state index contributed by atoms with van der Waals surface area (Å²) in [5, 5.41) is 5.40. The largest absolute Gasteiger partial charge is 0.444 e. The van der Waals surface area contributed by atoms with E-state index in [2.05, 4.69) is 10.6 Å². The fourth-order valence-electron chi connectivity index (χ4n) is 5.76. The van der Waals surface area contributed by atoms with Gasteiger partial charge >= 0.3 is 6.09 Å². The SMILES string of the molecule is CC(C)CC(NC(=O)C(COCc1ccccc1)NC(=O)C1CCC(=O)N1C(=O)OCc1ccccc1)C(=O)N1CCCC1C(N)=O. The minimum absolute atomic E-state index is 0.00112. The van der Waals surface area contributed by atoms with E-state index >= 15 is 0 Å². The second kappa shape index (κ2) is 16.7. The normalized spacial score (nSPS) is 18.9. The van der Waals surface area contributed by atoms with E-state index in [1.54, 1.807) is 24.3 Å². The molecule has 4 unspecified atom stereocenters. The summed E-state index contributed by atoms with van der Waals surface area (Å²) in [5.41, 5.74) is 7.09. The van der Waals surface area contributed by atoms with Crippen molar-refractivity contribution in [1.29, 1.82) is 0 Å². The molecule has 2 aliphatic rings. The molecule has 2 saturated heterocycles. The molecule has 2 aromatic rings. The monoisotopic (exact) mass is 649 g/mol. The van der Waals surface area contributed by atoms with Gasteiger partial charge in [0.2, 0.25) is 29.5 Å². The summed E-state index contributed by atoms with van der Waals surface area (Å²) in [7, 11) is 0. The van der Waals surface area contributed by atoms with E-state index in [0.29, 0.717) is 24.9 Å². The van der Waals surface area contributed by atoms with Crippen LogP contribution < -0.4 is 16.4 Å². The van der Waals surface area contributed by atoms with Crippen LogP contribution in [0, 0.1) is 5.92 Å². The molecular formula is C34H43N5O8. The molecule has 252 valence electrons. The van der Waals surface area contributed by atoms with E-state index in [0.717, 1.165) is 10.5 Å². The molecule has 0 aliphatic carbocycles. The number of hydrogen-bond acceptors (Lipinski definition) is 8. The third-order valence-corrected chi connectivity index (χ3v) is 8.13. The predicted molar refractivity (Wildman–Crippen MR) is 170 cm³/mol. The molecule has 4 N–H and O–H groups in total. The highest BCUT2D eigenvalue weighted by molar-refractivity contribution is 6.02. The quantitative estimate of drug-likeness (QED) is 0.278. The Morgan fingerprint density at radius 1 is 0.872 bits per heavy atom. The number of hydrogen-bond donors (Lipinski definition) is 3. The first-order chi connectivity index (χ1) is 22.5. The van der Waals surface area contributed by atoms with Crippen molar-refractivity contribution in [3.05, 3.63) is 71.8 Å². The Morgan fingerprint density at radius 2 is 1.51 bits per heavy atom. The van der Waals surface area contributed by atoms with E-state index in [1.165, 1.54) is 4.90 Å². The van der Waals surface area contributed by atoms with E-state index in [4.69, 9.17) is 15.2 Å². The Morgan fingerprint density at radius 3 is 2.13 bits per heavy atom. The number of imide groups is 1. The van der Waals surface area contributed by atoms with Crippen LogP contribution in [0.5, 0.6) is 0 Å². The van der Waals surface area contributed by atoms with Crippen molar-refractivity contribution in [1.82, 2.24) is 20.4 Å². The molecule has 0 spiro atoms. The highest BCUT2D eigenvalue weighted by Crippen LogP contribution is 2.22. The third-order valence-electron chi connectivity index (χ3n) is 8.13. The summed E-state index contributed by atoms with van der Waals surface area (Å²) in [6.07, 6.45) is 0.355. The number of primary amides is 1. The minimum atomic E-state index is -1.28. The Balaban J connectivity index is 1.48. The number of nitrogens with two attached hydrogens (primary N) is 1. The molecule has 2 heterocycles. The van der Waals surface area contributed by atoms with Crippen molar-refractivity contribution in [3.8, 4) is 0 Å². The molecule has 2 fully saturated rings. The molecule has 0 aromatic heterocycles. The zero-order valence-corrected chi connectivity index (χ0v) is 26.8. The zero-order chi connectivity index (χ0) is 33.9. The number of carbonyl (C=O) groups excluding carboxylic acids is 6. The first-order valence-electron chi connectivity index (χ1n) is 15.9. The zero-order valence-electron chi connectivity index (χ0n) is 26.8. The van der Waals surface area contributed by atoms with Gasteiger partial charge in [-0.3, -0.25) is 24.0 Å². The lowest BCUT2D eigenvalue weighted by atomic mass is 10.0. The summed E-state index contributed by atoms with van der Waals surface area (Å²) in [6, 6.07) is 13.9. The average Bonchev–Trinajstić information content (AvgIpc) is 3.71. The fourth-order valence-corrected chi connectivity index (χ4v) is 5.76. The molecule has 0 bridgehead atoms. The van der Waals surface area contributed by atoms with Crippen LogP contribution in [0.4, 0.5) is 4.79 Å². The lowest BCUT2D eigenvalue weighted by molar-refractivity contribution is -0.142. The molecular weight excluding hydrogens is 606 g/mol. The molecule has 6 amide bonds. The number of carbonyl (C=O) groups is 6. The summed E-state index contributed by atoms with van der Waals surface area (Å²) >= 11 is 0. The van der Waals surface area contributed by atoms with Crippen LogP contribution in [0.25, 0.3) is 0 Å². The number of rotatable bonds is 14. The molecule has 0 saturated carbocycles. The van der Waals surface area contributed by atoms with Gasteiger partial charge in [-0.15, -0.1) is 0 Å². The topological polar surface area (TPSA) is 177 Å². The van der Waals surface area contributed by atoms with Gasteiger partial charge in [0.15, 0.2) is 0 Å². The highest BCUT2D eigenvalue weighted by Gasteiger charge is 2.43. The van der Waals surface area contributed by atoms with Gasteiger partial charge in [0.1, 0.15) is 30.8 Å². The van der Waals surface area contributed by atoms with Gasteiger partial charge in [-0.05, 0) is 42.7 Å². The summed E-state index contributed by atoms with van der Waals surface area (Å²) < 4.78 is 11.1. The van der Waals surface area contributed by atoms with Gasteiger partial charge < -0.3 is 30.7 Å². The first kappa shape index (κ1) is 35.1. The van der Waals surface area contributed by atoms with E-state index in [1.807, 2.05) is 50.2 Å². The van der Waals surface area contributed by atoms with Crippen LogP contribution in [0.3, 0.4) is 0 Å². The van der Waals surface area contributed by atoms with Crippen LogP contribution in [-0.4, -0.2) is 82.7 Å². The van der Waals surface area contributed by atoms with Crippen LogP contribution >= 0.6 is 0 Å². The summed E-state index contributed by atoms with van der Waals surface area (Å²) in [4.78, 5) is 80.7. The fraction of sp³-hybridized carbons (Fsp3) is 0.471. The lowest BCUT2D eigenvalue weighted by Gasteiger charge is -2.30. The number of nitrogens with one attached hydrogen (secondary N) is 2. The first-order valence-corrected chi connectivity index (χ1v) is 15.9. The highest BCUT2D eigenvalue weighted by atomic mass is 16.6. The number of nitrogens with zero attached hydrogens (tertiary/aromatic N) is 2. The van der Waals surface area contributed by atoms with Crippen LogP contribution in [-0.2, 0) is 46.7 Å². The smallest absolute Gasteiger partial charge is 0.417 e. The third kappa shape index (κ3) is 9.61. The predicted octanol–water partition coefficient (Wildman–Crippen LogP) is 2.02. The minimum Gasteiger partial charge on any atom is -0.444 e. The van der Waals surface area contributed by atoms with Gasteiger partial charge in [-0.2, -0.15) is 0 Å². The Labute approximate surface area is 274 Å². The Bertz CT molecular complexity index is 1420. The number of benzene rings is 2. The van der Waals surface area contributed by atoms with Crippen molar-refractivity contribution in [2.45, 2.75) is 83.3 Å². The Kier molecular flexibility index (Phi) is 12.5.